The minimum Gasteiger partial charge on any atom is -0.0616 e. The summed E-state index contributed by atoms with van der Waals surface area (Å²) >= 11 is 0. The third-order valence-electron chi connectivity index (χ3n) is 11.3. The van der Waals surface area contributed by atoms with Crippen molar-refractivity contribution in [2.75, 3.05) is 0 Å². The largest absolute Gasteiger partial charge is 0.0616 e. The summed E-state index contributed by atoms with van der Waals surface area (Å²) in [6.07, 6.45) is 14.8. The summed E-state index contributed by atoms with van der Waals surface area (Å²) in [7, 11) is 0. The molecule has 0 amide bonds. The highest BCUT2D eigenvalue weighted by molar-refractivity contribution is 6.25. The average Bonchev–Trinajstić information content (AvgIpc) is 3.46. The second-order valence-corrected chi connectivity index (χ2v) is 13.7. The summed E-state index contributed by atoms with van der Waals surface area (Å²) in [6.45, 7) is 0. The normalized spacial score (nSPS) is 17.5. The summed E-state index contributed by atoms with van der Waals surface area (Å²) in [5.41, 5.74) is 12.1. The first-order chi connectivity index (χ1) is 21.3. The first-order valence-corrected chi connectivity index (χ1v) is 17.0. The van der Waals surface area contributed by atoms with Crippen molar-refractivity contribution in [1.29, 1.82) is 0 Å². The second kappa shape index (κ2) is 10.4. The fourth-order valence-electron chi connectivity index (χ4n) is 9.01. The number of benzene rings is 6. The van der Waals surface area contributed by atoms with Crippen molar-refractivity contribution in [3.05, 3.63) is 119 Å². The van der Waals surface area contributed by atoms with Gasteiger partial charge in [-0.2, -0.15) is 0 Å². The molecule has 0 bridgehead atoms. The van der Waals surface area contributed by atoms with E-state index in [1.165, 1.54) is 124 Å². The van der Waals surface area contributed by atoms with Gasteiger partial charge in [-0.05, 0) is 127 Å². The lowest BCUT2D eigenvalue weighted by atomic mass is 9.80. The highest BCUT2D eigenvalue weighted by Crippen LogP contribution is 2.48. The molecule has 9 rings (SSSR count). The summed E-state index contributed by atoms with van der Waals surface area (Å²) in [4.78, 5) is 0. The molecule has 0 atom stereocenters. The third kappa shape index (κ3) is 4.25. The molecular formula is C43H40. The van der Waals surface area contributed by atoms with E-state index in [0.29, 0.717) is 5.92 Å². The molecule has 212 valence electrons. The average molecular weight is 557 g/mol. The highest BCUT2D eigenvalue weighted by atomic mass is 14.3. The standard InChI is InChI=1S/C43H40/c1-3-11-28(12-4-1)30-19-20-31-25-42-40(26-33(27-43(42)39(31)23-30)29-13-5-2-6-14-29)32-21-22-38-36-17-8-7-15-34(36)35-16-9-10-18-37(35)41(38)24-32/h7-10,15-24,26-29H,1-6,11-14,25H2. The lowest BCUT2D eigenvalue weighted by Crippen LogP contribution is -2.06. The maximum Gasteiger partial charge on any atom is -0.000728 e. The van der Waals surface area contributed by atoms with E-state index >= 15 is 0 Å². The van der Waals surface area contributed by atoms with E-state index in [2.05, 4.69) is 97.1 Å². The van der Waals surface area contributed by atoms with E-state index in [4.69, 9.17) is 0 Å². The van der Waals surface area contributed by atoms with Crippen molar-refractivity contribution in [2.45, 2.75) is 82.5 Å². The summed E-state index contributed by atoms with van der Waals surface area (Å²) in [6, 6.07) is 38.0. The van der Waals surface area contributed by atoms with Gasteiger partial charge in [-0.15, -0.1) is 0 Å². The minimum absolute atomic E-state index is 0.689. The quantitative estimate of drug-likeness (QED) is 0.190. The van der Waals surface area contributed by atoms with Gasteiger partial charge >= 0.3 is 0 Å². The second-order valence-electron chi connectivity index (χ2n) is 13.7. The third-order valence-corrected chi connectivity index (χ3v) is 11.3. The molecule has 6 aromatic carbocycles. The Morgan fingerprint density at radius 2 is 0.930 bits per heavy atom. The van der Waals surface area contributed by atoms with Crippen molar-refractivity contribution in [2.24, 2.45) is 0 Å². The van der Waals surface area contributed by atoms with E-state index in [1.54, 1.807) is 16.7 Å². The van der Waals surface area contributed by atoms with Gasteiger partial charge < -0.3 is 0 Å². The van der Waals surface area contributed by atoms with Crippen LogP contribution in [0, 0.1) is 0 Å². The number of hydrogen-bond acceptors (Lipinski definition) is 0. The van der Waals surface area contributed by atoms with Crippen LogP contribution in [0.4, 0.5) is 0 Å². The molecule has 0 N–H and O–H groups in total. The van der Waals surface area contributed by atoms with E-state index in [0.717, 1.165) is 12.3 Å². The molecule has 3 aliphatic carbocycles. The van der Waals surface area contributed by atoms with Crippen LogP contribution >= 0.6 is 0 Å². The minimum atomic E-state index is 0.689. The Balaban J connectivity index is 1.25. The Kier molecular flexibility index (Phi) is 6.17. The fraction of sp³-hybridized carbons (Fsp3) is 0.302. The SMILES string of the molecule is c1ccc2c(c1)c1ccccc1c1cc(-c3cc(C4CCCCC4)cc4c3Cc3ccc(C5CCCCC5)cc3-4)ccc21. The lowest BCUT2D eigenvalue weighted by molar-refractivity contribution is 0.443. The van der Waals surface area contributed by atoms with Crippen molar-refractivity contribution < 1.29 is 0 Å². The summed E-state index contributed by atoms with van der Waals surface area (Å²) in [5.74, 6) is 1.43. The van der Waals surface area contributed by atoms with Crippen LogP contribution in [0.15, 0.2) is 97.1 Å². The monoisotopic (exact) mass is 556 g/mol. The van der Waals surface area contributed by atoms with Gasteiger partial charge in [0.1, 0.15) is 0 Å². The fourth-order valence-corrected chi connectivity index (χ4v) is 9.01. The Labute approximate surface area is 255 Å². The van der Waals surface area contributed by atoms with Crippen molar-refractivity contribution in [3.8, 4) is 22.3 Å². The molecule has 0 heteroatoms. The molecule has 2 saturated carbocycles. The molecule has 43 heavy (non-hydrogen) atoms. The Bertz CT molecular complexity index is 1980. The molecule has 0 aliphatic heterocycles. The molecule has 0 nitrogen and oxygen atoms in total. The van der Waals surface area contributed by atoms with Crippen molar-refractivity contribution >= 4 is 32.3 Å². The molecule has 6 aromatic rings. The van der Waals surface area contributed by atoms with Crippen molar-refractivity contribution in [1.82, 2.24) is 0 Å². The van der Waals surface area contributed by atoms with Crippen LogP contribution in [0.1, 0.15) is 98.3 Å². The van der Waals surface area contributed by atoms with Gasteiger partial charge in [0.05, 0.1) is 0 Å². The van der Waals surface area contributed by atoms with Gasteiger partial charge in [-0.1, -0.05) is 130 Å². The molecule has 2 fully saturated rings. The highest BCUT2D eigenvalue weighted by Gasteiger charge is 2.27. The molecule has 0 spiro atoms. The van der Waals surface area contributed by atoms with Crippen LogP contribution in [-0.4, -0.2) is 0 Å². The Morgan fingerprint density at radius 1 is 0.395 bits per heavy atom. The van der Waals surface area contributed by atoms with Gasteiger partial charge in [0.15, 0.2) is 0 Å². The van der Waals surface area contributed by atoms with Crippen molar-refractivity contribution in [3.63, 3.8) is 0 Å². The molecule has 0 aromatic heterocycles. The zero-order valence-corrected chi connectivity index (χ0v) is 25.2. The molecular weight excluding hydrogens is 516 g/mol. The molecule has 0 heterocycles. The smallest absolute Gasteiger partial charge is 0.000728 e. The number of fused-ring (bicyclic) bond motifs is 9. The van der Waals surface area contributed by atoms with Crippen LogP contribution in [0.25, 0.3) is 54.6 Å². The maximum absolute atomic E-state index is 2.62. The molecule has 0 unspecified atom stereocenters. The molecule has 0 saturated heterocycles. The van der Waals surface area contributed by atoms with Gasteiger partial charge in [0.2, 0.25) is 0 Å². The number of rotatable bonds is 3. The predicted molar refractivity (Wildman–Crippen MR) is 184 cm³/mol. The molecule has 0 radical (unpaired) electrons. The topological polar surface area (TPSA) is 0 Å². The molecule has 3 aliphatic rings. The summed E-state index contributed by atoms with van der Waals surface area (Å²) < 4.78 is 0. The van der Waals surface area contributed by atoms with Gasteiger partial charge in [-0.3, -0.25) is 0 Å². The van der Waals surface area contributed by atoms with E-state index in [1.807, 2.05) is 0 Å². The first kappa shape index (κ1) is 25.6. The van der Waals surface area contributed by atoms with E-state index in [9.17, 15) is 0 Å². The first-order valence-electron chi connectivity index (χ1n) is 17.0. The van der Waals surface area contributed by atoms with Crippen LogP contribution in [0.3, 0.4) is 0 Å². The number of hydrogen-bond donors (Lipinski definition) is 0. The summed E-state index contributed by atoms with van der Waals surface area (Å²) in [5, 5.41) is 8.15. The van der Waals surface area contributed by atoms with Crippen LogP contribution < -0.4 is 0 Å². The van der Waals surface area contributed by atoms with Crippen LogP contribution in [0.2, 0.25) is 0 Å². The Morgan fingerprint density at radius 3 is 1.58 bits per heavy atom. The maximum atomic E-state index is 2.62. The van der Waals surface area contributed by atoms with Gasteiger partial charge in [0, 0.05) is 0 Å². The zero-order valence-electron chi connectivity index (χ0n) is 25.2. The van der Waals surface area contributed by atoms with Crippen LogP contribution in [-0.2, 0) is 6.42 Å². The predicted octanol–water partition coefficient (Wildman–Crippen LogP) is 12.5. The van der Waals surface area contributed by atoms with E-state index < -0.39 is 0 Å². The van der Waals surface area contributed by atoms with Gasteiger partial charge in [-0.25, -0.2) is 0 Å². The Hall–Kier alpha value is -3.90. The van der Waals surface area contributed by atoms with E-state index in [-0.39, 0.29) is 0 Å². The van der Waals surface area contributed by atoms with Crippen LogP contribution in [0.5, 0.6) is 0 Å². The zero-order chi connectivity index (χ0) is 28.3. The van der Waals surface area contributed by atoms with Gasteiger partial charge in [0.25, 0.3) is 0 Å². The lowest BCUT2D eigenvalue weighted by Gasteiger charge is -2.24.